The zero-order valence-corrected chi connectivity index (χ0v) is 15.9. The molecule has 0 radical (unpaired) electrons. The smallest absolute Gasteiger partial charge is 0.293 e. The number of sulfonamides is 1. The minimum atomic E-state index is -3.53. The molecular weight excluding hydrogens is 386 g/mol. The van der Waals surface area contributed by atoms with Gasteiger partial charge in [0.15, 0.2) is 0 Å². The van der Waals surface area contributed by atoms with E-state index in [4.69, 9.17) is 0 Å². The molecule has 3 aromatic rings. The zero-order chi connectivity index (χ0) is 19.7. The van der Waals surface area contributed by atoms with Gasteiger partial charge in [0.05, 0.1) is 22.5 Å². The van der Waals surface area contributed by atoms with Gasteiger partial charge >= 0.3 is 6.55 Å². The summed E-state index contributed by atoms with van der Waals surface area (Å²) in [5.74, 6) is 0.288. The van der Waals surface area contributed by atoms with Crippen LogP contribution in [-0.4, -0.2) is 53.4 Å². The van der Waals surface area contributed by atoms with Crippen molar-refractivity contribution in [1.82, 2.24) is 18.8 Å². The summed E-state index contributed by atoms with van der Waals surface area (Å²) in [6.07, 6.45) is 0. The van der Waals surface area contributed by atoms with Crippen LogP contribution in [0.2, 0.25) is 0 Å². The number of fused-ring (bicyclic) bond motifs is 1. The van der Waals surface area contributed by atoms with Crippen LogP contribution in [0.1, 0.15) is 12.4 Å². The number of para-hydroxylation sites is 2. The van der Waals surface area contributed by atoms with Crippen LogP contribution in [0.4, 0.5) is 8.78 Å². The molecule has 2 aromatic carbocycles. The lowest BCUT2D eigenvalue weighted by atomic mass is 10.3. The first-order valence-corrected chi connectivity index (χ1v) is 10.4. The van der Waals surface area contributed by atoms with Gasteiger partial charge in [0.2, 0.25) is 10.0 Å². The zero-order valence-electron chi connectivity index (χ0n) is 15.1. The van der Waals surface area contributed by atoms with Gasteiger partial charge < -0.3 is 0 Å². The first kappa shape index (κ1) is 19.0. The fraction of sp³-hybridized carbons (Fsp3) is 0.316. The molecule has 1 aromatic heterocycles. The van der Waals surface area contributed by atoms with Gasteiger partial charge in [-0.2, -0.15) is 13.1 Å². The second-order valence-electron chi connectivity index (χ2n) is 6.66. The first-order valence-electron chi connectivity index (χ1n) is 8.98. The van der Waals surface area contributed by atoms with E-state index in [0.29, 0.717) is 37.2 Å². The van der Waals surface area contributed by atoms with Crippen molar-refractivity contribution in [2.45, 2.75) is 18.0 Å². The molecule has 9 heteroatoms. The lowest BCUT2D eigenvalue weighted by Crippen LogP contribution is -2.48. The van der Waals surface area contributed by atoms with Crippen molar-refractivity contribution in [2.24, 2.45) is 0 Å². The van der Waals surface area contributed by atoms with Gasteiger partial charge in [0.25, 0.3) is 0 Å². The molecule has 1 aliphatic rings. The van der Waals surface area contributed by atoms with E-state index >= 15 is 0 Å². The van der Waals surface area contributed by atoms with E-state index in [1.165, 1.54) is 4.31 Å². The third-order valence-corrected chi connectivity index (χ3v) is 6.85. The standard InChI is InChI=1S/C19H20F2N4O2S/c20-19(21)25-17-9-5-4-8-16(17)22-18(25)14-23-10-12-24(13-11-23)28(26,27)15-6-2-1-3-7-15/h1-9,19H,10-14H2. The maximum atomic E-state index is 13.6. The summed E-state index contributed by atoms with van der Waals surface area (Å²) < 4.78 is 54.9. The Hall–Kier alpha value is -2.36. The Bertz CT molecular complexity index is 1060. The normalized spacial score (nSPS) is 16.8. The highest BCUT2D eigenvalue weighted by Crippen LogP contribution is 2.25. The Kier molecular flexibility index (Phi) is 5.13. The van der Waals surface area contributed by atoms with Gasteiger partial charge in [-0.15, -0.1) is 0 Å². The van der Waals surface area contributed by atoms with Crippen LogP contribution < -0.4 is 0 Å². The Balaban J connectivity index is 1.48. The molecule has 0 aliphatic carbocycles. The number of nitrogens with zero attached hydrogens (tertiary/aromatic N) is 4. The molecule has 28 heavy (non-hydrogen) atoms. The van der Waals surface area contributed by atoms with Crippen LogP contribution in [0.15, 0.2) is 59.5 Å². The average molecular weight is 406 g/mol. The molecule has 0 bridgehead atoms. The fourth-order valence-corrected chi connectivity index (χ4v) is 4.94. The quantitative estimate of drug-likeness (QED) is 0.654. The van der Waals surface area contributed by atoms with Crippen molar-refractivity contribution in [3.63, 3.8) is 0 Å². The second kappa shape index (κ2) is 7.57. The van der Waals surface area contributed by atoms with Crippen molar-refractivity contribution >= 4 is 21.1 Å². The Morgan fingerprint density at radius 1 is 0.929 bits per heavy atom. The number of aromatic nitrogens is 2. The molecule has 0 spiro atoms. The molecule has 1 saturated heterocycles. The van der Waals surface area contributed by atoms with Crippen molar-refractivity contribution in [1.29, 1.82) is 0 Å². The van der Waals surface area contributed by atoms with Crippen molar-refractivity contribution < 1.29 is 17.2 Å². The maximum absolute atomic E-state index is 13.6. The van der Waals surface area contributed by atoms with E-state index in [2.05, 4.69) is 4.98 Å². The highest BCUT2D eigenvalue weighted by Gasteiger charge is 2.29. The largest absolute Gasteiger partial charge is 0.320 e. The van der Waals surface area contributed by atoms with Gasteiger partial charge in [-0.05, 0) is 24.3 Å². The van der Waals surface area contributed by atoms with E-state index in [9.17, 15) is 17.2 Å². The molecule has 0 N–H and O–H groups in total. The highest BCUT2D eigenvalue weighted by molar-refractivity contribution is 7.89. The van der Waals surface area contributed by atoms with Crippen LogP contribution in [0.3, 0.4) is 0 Å². The van der Waals surface area contributed by atoms with Crippen LogP contribution in [-0.2, 0) is 16.6 Å². The molecule has 0 atom stereocenters. The van der Waals surface area contributed by atoms with Crippen LogP contribution in [0, 0.1) is 0 Å². The summed E-state index contributed by atoms with van der Waals surface area (Å²) >= 11 is 0. The SMILES string of the molecule is O=S(=O)(c1ccccc1)N1CCN(Cc2nc3ccccc3n2C(F)F)CC1. The van der Waals surface area contributed by atoms with Gasteiger partial charge in [0, 0.05) is 26.2 Å². The summed E-state index contributed by atoms with van der Waals surface area (Å²) in [6, 6.07) is 15.1. The molecule has 148 valence electrons. The second-order valence-corrected chi connectivity index (χ2v) is 8.60. The van der Waals surface area contributed by atoms with E-state index in [0.717, 1.165) is 4.57 Å². The number of hydrogen-bond donors (Lipinski definition) is 0. The summed E-state index contributed by atoms with van der Waals surface area (Å²) in [6.45, 7) is -0.893. The Labute approximate surface area is 162 Å². The number of halogens is 2. The lowest BCUT2D eigenvalue weighted by Gasteiger charge is -2.33. The number of benzene rings is 2. The van der Waals surface area contributed by atoms with Gasteiger partial charge in [-0.1, -0.05) is 30.3 Å². The molecule has 0 amide bonds. The minimum Gasteiger partial charge on any atom is -0.293 e. The van der Waals surface area contributed by atoms with Crippen LogP contribution in [0.25, 0.3) is 11.0 Å². The molecule has 1 fully saturated rings. The molecule has 0 saturated carbocycles. The highest BCUT2D eigenvalue weighted by atomic mass is 32.2. The van der Waals surface area contributed by atoms with Crippen molar-refractivity contribution in [3.8, 4) is 0 Å². The van der Waals surface area contributed by atoms with Crippen molar-refractivity contribution in [2.75, 3.05) is 26.2 Å². The number of hydrogen-bond acceptors (Lipinski definition) is 4. The van der Waals surface area contributed by atoms with E-state index in [1.54, 1.807) is 54.6 Å². The predicted molar refractivity (Wildman–Crippen MR) is 101 cm³/mol. The van der Waals surface area contributed by atoms with Gasteiger partial charge in [-0.3, -0.25) is 9.47 Å². The van der Waals surface area contributed by atoms with Crippen LogP contribution in [0.5, 0.6) is 0 Å². The molecule has 4 rings (SSSR count). The Morgan fingerprint density at radius 2 is 1.57 bits per heavy atom. The molecule has 1 aliphatic heterocycles. The third kappa shape index (κ3) is 3.52. The molecular formula is C19H20F2N4O2S. The summed E-state index contributed by atoms with van der Waals surface area (Å²) in [5, 5.41) is 0. The monoisotopic (exact) mass is 406 g/mol. The topological polar surface area (TPSA) is 58.4 Å². The summed E-state index contributed by atoms with van der Waals surface area (Å²) in [7, 11) is -3.53. The fourth-order valence-electron chi connectivity index (χ4n) is 3.49. The minimum absolute atomic E-state index is 0.248. The van der Waals surface area contributed by atoms with Crippen molar-refractivity contribution in [3.05, 3.63) is 60.4 Å². The number of alkyl halides is 2. The maximum Gasteiger partial charge on any atom is 0.320 e. The number of piperazine rings is 1. The molecule has 6 nitrogen and oxygen atoms in total. The summed E-state index contributed by atoms with van der Waals surface area (Å²) in [4.78, 5) is 6.57. The van der Waals surface area contributed by atoms with E-state index in [-0.39, 0.29) is 17.3 Å². The first-order chi connectivity index (χ1) is 13.5. The Morgan fingerprint density at radius 3 is 2.25 bits per heavy atom. The lowest BCUT2D eigenvalue weighted by molar-refractivity contribution is 0.0670. The average Bonchev–Trinajstić information content (AvgIpc) is 3.07. The number of rotatable bonds is 5. The summed E-state index contributed by atoms with van der Waals surface area (Å²) in [5.41, 5.74) is 0.931. The third-order valence-electron chi connectivity index (χ3n) is 4.94. The van der Waals surface area contributed by atoms with Gasteiger partial charge in [0.1, 0.15) is 5.82 Å². The predicted octanol–water partition coefficient (Wildman–Crippen LogP) is 2.94. The van der Waals surface area contributed by atoms with Gasteiger partial charge in [-0.25, -0.2) is 13.4 Å². The molecule has 2 heterocycles. The van der Waals surface area contributed by atoms with Crippen LogP contribution >= 0.6 is 0 Å². The van der Waals surface area contributed by atoms with E-state index < -0.39 is 16.6 Å². The molecule has 0 unspecified atom stereocenters. The number of imidazole rings is 1. The van der Waals surface area contributed by atoms with E-state index in [1.807, 2.05) is 4.90 Å².